The number of H-pyrrole nitrogens is 1. The number of halogens is 3. The van der Waals surface area contributed by atoms with Gasteiger partial charge in [-0.2, -0.15) is 0 Å². The predicted octanol–water partition coefficient (Wildman–Crippen LogP) is 2.53. The highest BCUT2D eigenvalue weighted by Gasteiger charge is 2.32. The lowest BCUT2D eigenvalue weighted by molar-refractivity contribution is -0.274. The molecule has 2 unspecified atom stereocenters. The van der Waals surface area contributed by atoms with Gasteiger partial charge >= 0.3 is 6.36 Å². The lowest BCUT2D eigenvalue weighted by atomic mass is 10.2. The number of carbonyl (C=O) groups excluding carboxylic acids is 1. The largest absolute Gasteiger partial charge is 0.573 e. The Hall–Kier alpha value is -2.22. The molecule has 0 aliphatic heterocycles. The van der Waals surface area contributed by atoms with Crippen molar-refractivity contribution in [3.8, 4) is 5.75 Å². The summed E-state index contributed by atoms with van der Waals surface area (Å²) in [4.78, 5) is 14.8. The van der Waals surface area contributed by atoms with Crippen LogP contribution in [-0.2, 0) is 0 Å². The Morgan fingerprint density at radius 1 is 1.36 bits per heavy atom. The number of nitrogens with one attached hydrogen (secondary N) is 2. The highest BCUT2D eigenvalue weighted by atomic mass is 19.4. The summed E-state index contributed by atoms with van der Waals surface area (Å²) in [6.07, 6.45) is -4.79. The van der Waals surface area contributed by atoms with E-state index in [1.165, 1.54) is 18.2 Å². The second-order valence-electron chi connectivity index (χ2n) is 5.07. The molecule has 1 heterocycles. The summed E-state index contributed by atoms with van der Waals surface area (Å²) < 4.78 is 41.1. The Kier molecular flexibility index (Phi) is 4.32. The van der Waals surface area contributed by atoms with Crippen molar-refractivity contribution in [3.63, 3.8) is 0 Å². The van der Waals surface area contributed by atoms with Gasteiger partial charge in [-0.25, -0.2) is 0 Å². The van der Waals surface area contributed by atoms with Gasteiger partial charge in [0.1, 0.15) is 11.4 Å². The number of benzene rings is 1. The number of ether oxygens (including phenoxy) is 1. The molecule has 1 aromatic carbocycles. The van der Waals surface area contributed by atoms with Crippen molar-refractivity contribution in [2.75, 3.05) is 0 Å². The van der Waals surface area contributed by atoms with Crippen LogP contribution in [0.4, 0.5) is 13.2 Å². The van der Waals surface area contributed by atoms with E-state index in [9.17, 15) is 18.0 Å². The van der Waals surface area contributed by atoms with Gasteiger partial charge in [-0.1, -0.05) is 6.07 Å². The molecule has 1 amide bonds. The standard InChI is InChI=1S/C14H16F3N3O2/c1-7(18)8(2)19-13(21)11-6-9-10(20-11)4-3-5-12(9)22-14(15,16)17/h3-8,20H,18H2,1-2H3,(H,19,21). The van der Waals surface area contributed by atoms with Crippen molar-refractivity contribution in [1.29, 1.82) is 0 Å². The Bertz CT molecular complexity index is 680. The van der Waals surface area contributed by atoms with Crippen molar-refractivity contribution >= 4 is 16.8 Å². The molecule has 8 heteroatoms. The van der Waals surface area contributed by atoms with E-state index in [0.29, 0.717) is 5.52 Å². The molecule has 120 valence electrons. The fraction of sp³-hybridized carbons (Fsp3) is 0.357. The van der Waals surface area contributed by atoms with Crippen LogP contribution in [0.3, 0.4) is 0 Å². The third kappa shape index (κ3) is 3.70. The molecule has 1 aromatic heterocycles. The average Bonchev–Trinajstić information content (AvgIpc) is 2.81. The van der Waals surface area contributed by atoms with E-state index < -0.39 is 12.3 Å². The van der Waals surface area contributed by atoms with Gasteiger partial charge in [-0.15, -0.1) is 13.2 Å². The maximum atomic E-state index is 12.4. The molecular weight excluding hydrogens is 299 g/mol. The summed E-state index contributed by atoms with van der Waals surface area (Å²) >= 11 is 0. The zero-order valence-corrected chi connectivity index (χ0v) is 12.0. The van der Waals surface area contributed by atoms with Crippen LogP contribution >= 0.6 is 0 Å². The minimum absolute atomic E-state index is 0.140. The van der Waals surface area contributed by atoms with Gasteiger partial charge < -0.3 is 20.8 Å². The van der Waals surface area contributed by atoms with Crippen LogP contribution in [-0.4, -0.2) is 29.3 Å². The van der Waals surface area contributed by atoms with Crippen LogP contribution in [0.5, 0.6) is 5.75 Å². The Morgan fingerprint density at radius 2 is 2.05 bits per heavy atom. The first-order chi connectivity index (χ1) is 10.2. The fourth-order valence-corrected chi connectivity index (χ4v) is 1.88. The van der Waals surface area contributed by atoms with E-state index >= 15 is 0 Å². The zero-order chi connectivity index (χ0) is 16.5. The van der Waals surface area contributed by atoms with Crippen molar-refractivity contribution in [3.05, 3.63) is 30.0 Å². The van der Waals surface area contributed by atoms with E-state index in [1.54, 1.807) is 19.9 Å². The number of carbonyl (C=O) groups is 1. The first-order valence-corrected chi connectivity index (χ1v) is 6.61. The molecule has 0 aliphatic carbocycles. The number of amides is 1. The van der Waals surface area contributed by atoms with Crippen molar-refractivity contribution in [2.24, 2.45) is 5.73 Å². The van der Waals surface area contributed by atoms with Crippen LogP contribution in [0.1, 0.15) is 24.3 Å². The molecule has 0 radical (unpaired) electrons. The van der Waals surface area contributed by atoms with E-state index in [0.717, 1.165) is 0 Å². The summed E-state index contributed by atoms with van der Waals surface area (Å²) in [5.74, 6) is -0.806. The third-order valence-corrected chi connectivity index (χ3v) is 3.24. The molecule has 2 aromatic rings. The van der Waals surface area contributed by atoms with Crippen LogP contribution in [0.15, 0.2) is 24.3 Å². The molecule has 4 N–H and O–H groups in total. The molecular formula is C14H16F3N3O2. The number of hydrogen-bond donors (Lipinski definition) is 3. The van der Waals surface area contributed by atoms with Gasteiger partial charge in [-0.3, -0.25) is 4.79 Å². The zero-order valence-electron chi connectivity index (χ0n) is 12.0. The van der Waals surface area contributed by atoms with Crippen molar-refractivity contribution < 1.29 is 22.7 Å². The molecule has 0 saturated heterocycles. The lowest BCUT2D eigenvalue weighted by Crippen LogP contribution is -2.44. The Balaban J connectivity index is 2.30. The number of hydrogen-bond acceptors (Lipinski definition) is 3. The number of alkyl halides is 3. The Labute approximate surface area is 124 Å². The topological polar surface area (TPSA) is 80.1 Å². The molecule has 5 nitrogen and oxygen atoms in total. The molecule has 0 fully saturated rings. The SMILES string of the molecule is CC(N)C(C)NC(=O)c1cc2c(OC(F)(F)F)cccc2[nH]1. The van der Waals surface area contributed by atoms with Gasteiger partial charge in [-0.05, 0) is 32.0 Å². The summed E-state index contributed by atoms with van der Waals surface area (Å²) in [5, 5.41) is 2.85. The van der Waals surface area contributed by atoms with Gasteiger partial charge in [0, 0.05) is 23.0 Å². The first kappa shape index (κ1) is 16.2. The van der Waals surface area contributed by atoms with Crippen molar-refractivity contribution in [2.45, 2.75) is 32.3 Å². The number of rotatable bonds is 4. The Morgan fingerprint density at radius 3 is 2.64 bits per heavy atom. The normalized spacial score (nSPS) is 14.6. The van der Waals surface area contributed by atoms with Crippen LogP contribution < -0.4 is 15.8 Å². The number of aromatic nitrogens is 1. The summed E-state index contributed by atoms with van der Waals surface area (Å²) in [6, 6.07) is 4.95. The minimum Gasteiger partial charge on any atom is -0.405 e. The monoisotopic (exact) mass is 315 g/mol. The average molecular weight is 315 g/mol. The minimum atomic E-state index is -4.79. The number of nitrogens with two attached hydrogens (primary N) is 1. The quantitative estimate of drug-likeness (QED) is 0.811. The second kappa shape index (κ2) is 5.88. The third-order valence-electron chi connectivity index (χ3n) is 3.24. The fourth-order valence-electron chi connectivity index (χ4n) is 1.88. The lowest BCUT2D eigenvalue weighted by Gasteiger charge is -2.16. The number of aromatic amines is 1. The number of fused-ring (bicyclic) bond motifs is 1. The molecule has 0 aliphatic rings. The van der Waals surface area contributed by atoms with E-state index in [2.05, 4.69) is 15.0 Å². The summed E-state index contributed by atoms with van der Waals surface area (Å²) in [6.45, 7) is 3.48. The second-order valence-corrected chi connectivity index (χ2v) is 5.07. The molecule has 0 bridgehead atoms. The van der Waals surface area contributed by atoms with Gasteiger partial charge in [0.05, 0.1) is 0 Å². The summed E-state index contributed by atoms with van der Waals surface area (Å²) in [7, 11) is 0. The summed E-state index contributed by atoms with van der Waals surface area (Å²) in [5.41, 5.74) is 6.18. The van der Waals surface area contributed by atoms with Crippen LogP contribution in [0.2, 0.25) is 0 Å². The predicted molar refractivity (Wildman–Crippen MR) is 75.6 cm³/mol. The highest BCUT2D eigenvalue weighted by molar-refractivity contribution is 5.99. The molecule has 0 spiro atoms. The van der Waals surface area contributed by atoms with E-state index in [-0.39, 0.29) is 28.9 Å². The molecule has 2 atom stereocenters. The first-order valence-electron chi connectivity index (χ1n) is 6.61. The van der Waals surface area contributed by atoms with Gasteiger partial charge in [0.25, 0.3) is 5.91 Å². The maximum absolute atomic E-state index is 12.4. The smallest absolute Gasteiger partial charge is 0.405 e. The van der Waals surface area contributed by atoms with Crippen LogP contribution in [0, 0.1) is 0 Å². The van der Waals surface area contributed by atoms with Crippen LogP contribution in [0.25, 0.3) is 10.9 Å². The van der Waals surface area contributed by atoms with E-state index in [4.69, 9.17) is 5.73 Å². The molecule has 22 heavy (non-hydrogen) atoms. The maximum Gasteiger partial charge on any atom is 0.573 e. The molecule has 0 saturated carbocycles. The highest BCUT2D eigenvalue weighted by Crippen LogP contribution is 2.31. The molecule has 2 rings (SSSR count). The van der Waals surface area contributed by atoms with Crippen molar-refractivity contribution in [1.82, 2.24) is 10.3 Å². The van der Waals surface area contributed by atoms with Gasteiger partial charge in [0.2, 0.25) is 0 Å². The van der Waals surface area contributed by atoms with E-state index in [1.807, 2.05) is 0 Å². The van der Waals surface area contributed by atoms with Gasteiger partial charge in [0.15, 0.2) is 0 Å².